The minimum Gasteiger partial charge on any atom is -0.307 e. The van der Waals surface area contributed by atoms with Gasteiger partial charge in [0.25, 0.3) is 0 Å². The van der Waals surface area contributed by atoms with Crippen LogP contribution in [0, 0.1) is 13.8 Å². The van der Waals surface area contributed by atoms with Crippen molar-refractivity contribution in [2.75, 3.05) is 0 Å². The summed E-state index contributed by atoms with van der Waals surface area (Å²) in [6.45, 7) is 4.82. The number of rotatable bonds is 2. The minimum absolute atomic E-state index is 0.835. The van der Waals surface area contributed by atoms with E-state index >= 15 is 0 Å². The van der Waals surface area contributed by atoms with E-state index in [0.717, 1.165) is 23.7 Å². The van der Waals surface area contributed by atoms with Crippen LogP contribution < -0.4 is 0 Å². The molecule has 4 heteroatoms. The monoisotopic (exact) mass is 226 g/mol. The third-order valence-corrected chi connectivity index (χ3v) is 2.89. The molecule has 1 aromatic carbocycles. The van der Waals surface area contributed by atoms with Gasteiger partial charge in [-0.3, -0.25) is 0 Å². The Kier molecular flexibility index (Phi) is 2.21. The lowest BCUT2D eigenvalue weighted by Crippen LogP contribution is -2.01. The van der Waals surface area contributed by atoms with Crippen molar-refractivity contribution in [2.45, 2.75) is 20.4 Å². The number of nitrogens with zero attached hydrogens (tertiary/aromatic N) is 4. The Balaban J connectivity index is 2.07. The lowest BCUT2D eigenvalue weighted by atomic mass is 10.2. The zero-order chi connectivity index (χ0) is 11.8. The highest BCUT2D eigenvalue weighted by Gasteiger charge is 2.09. The van der Waals surface area contributed by atoms with E-state index in [2.05, 4.69) is 45.1 Å². The fraction of sp³-hybridized carbons (Fsp3) is 0.231. The highest BCUT2D eigenvalue weighted by molar-refractivity contribution is 5.41. The SMILES string of the molecule is Cc1cc2n(Cc3ccccc3)c(C)nn2n1. The van der Waals surface area contributed by atoms with Crippen molar-refractivity contribution in [1.29, 1.82) is 0 Å². The first-order chi connectivity index (χ1) is 8.24. The standard InChI is InChI=1S/C13H14N4/c1-10-8-13-16(11(2)15-17(13)14-10)9-12-6-4-3-5-7-12/h3-8H,9H2,1-2H3. The zero-order valence-corrected chi connectivity index (χ0v) is 9.96. The maximum absolute atomic E-state index is 4.40. The molecule has 0 bridgehead atoms. The van der Waals surface area contributed by atoms with Crippen molar-refractivity contribution in [3.05, 3.63) is 53.5 Å². The van der Waals surface area contributed by atoms with E-state index in [1.807, 2.05) is 19.9 Å². The highest BCUT2D eigenvalue weighted by atomic mass is 15.5. The normalized spacial score (nSPS) is 11.2. The minimum atomic E-state index is 0.835. The number of aryl methyl sites for hydroxylation is 2. The van der Waals surface area contributed by atoms with Crippen molar-refractivity contribution < 1.29 is 0 Å². The first-order valence-electron chi connectivity index (χ1n) is 5.68. The second kappa shape index (κ2) is 3.73. The lowest BCUT2D eigenvalue weighted by molar-refractivity contribution is 0.771. The van der Waals surface area contributed by atoms with Crippen LogP contribution in [-0.2, 0) is 6.54 Å². The van der Waals surface area contributed by atoms with Gasteiger partial charge in [-0.2, -0.15) is 5.10 Å². The Hall–Kier alpha value is -2.10. The molecule has 3 aromatic rings. The van der Waals surface area contributed by atoms with Crippen molar-refractivity contribution in [3.8, 4) is 0 Å². The highest BCUT2D eigenvalue weighted by Crippen LogP contribution is 2.12. The molecule has 4 nitrogen and oxygen atoms in total. The number of benzene rings is 1. The number of hydrogen-bond acceptors (Lipinski definition) is 2. The Bertz CT molecular complexity index is 649. The number of fused-ring (bicyclic) bond motifs is 1. The van der Waals surface area contributed by atoms with Crippen molar-refractivity contribution >= 4 is 5.65 Å². The fourth-order valence-electron chi connectivity index (χ4n) is 2.05. The van der Waals surface area contributed by atoms with Gasteiger partial charge in [-0.15, -0.1) is 9.73 Å². The molecule has 17 heavy (non-hydrogen) atoms. The van der Waals surface area contributed by atoms with Gasteiger partial charge in [0, 0.05) is 6.07 Å². The van der Waals surface area contributed by atoms with Gasteiger partial charge in [-0.05, 0) is 19.4 Å². The van der Waals surface area contributed by atoms with Gasteiger partial charge >= 0.3 is 0 Å². The van der Waals surface area contributed by atoms with Crippen molar-refractivity contribution in [1.82, 2.24) is 19.4 Å². The van der Waals surface area contributed by atoms with Crippen molar-refractivity contribution in [2.24, 2.45) is 0 Å². The van der Waals surface area contributed by atoms with E-state index in [0.29, 0.717) is 0 Å². The van der Waals surface area contributed by atoms with E-state index in [-0.39, 0.29) is 0 Å². The second-order valence-electron chi connectivity index (χ2n) is 4.25. The van der Waals surface area contributed by atoms with Crippen LogP contribution in [0.2, 0.25) is 0 Å². The summed E-state index contributed by atoms with van der Waals surface area (Å²) in [4.78, 5) is 0. The van der Waals surface area contributed by atoms with E-state index in [9.17, 15) is 0 Å². The van der Waals surface area contributed by atoms with E-state index in [1.165, 1.54) is 5.56 Å². The lowest BCUT2D eigenvalue weighted by Gasteiger charge is -2.04. The zero-order valence-electron chi connectivity index (χ0n) is 9.96. The molecule has 0 fully saturated rings. The van der Waals surface area contributed by atoms with Crippen LogP contribution >= 0.6 is 0 Å². The van der Waals surface area contributed by atoms with E-state index in [1.54, 1.807) is 4.63 Å². The Morgan fingerprint density at radius 3 is 2.59 bits per heavy atom. The maximum Gasteiger partial charge on any atom is 0.158 e. The fourth-order valence-corrected chi connectivity index (χ4v) is 2.05. The van der Waals surface area contributed by atoms with Gasteiger partial charge in [-0.25, -0.2) is 0 Å². The number of hydrogen-bond donors (Lipinski definition) is 0. The summed E-state index contributed by atoms with van der Waals surface area (Å²) in [6, 6.07) is 12.4. The summed E-state index contributed by atoms with van der Waals surface area (Å²) in [7, 11) is 0. The van der Waals surface area contributed by atoms with Crippen LogP contribution in [0.3, 0.4) is 0 Å². The molecular weight excluding hydrogens is 212 g/mol. The summed E-state index contributed by atoms with van der Waals surface area (Å²) >= 11 is 0. The van der Waals surface area contributed by atoms with Gasteiger partial charge in [0.2, 0.25) is 0 Å². The molecular formula is C13H14N4. The molecule has 0 aliphatic heterocycles. The van der Waals surface area contributed by atoms with Crippen LogP contribution in [0.5, 0.6) is 0 Å². The second-order valence-corrected chi connectivity index (χ2v) is 4.25. The Labute approximate surface area is 99.5 Å². The molecule has 0 amide bonds. The summed E-state index contributed by atoms with van der Waals surface area (Å²) in [6.07, 6.45) is 0. The first-order valence-corrected chi connectivity index (χ1v) is 5.68. The molecule has 0 aliphatic rings. The predicted molar refractivity (Wildman–Crippen MR) is 66.0 cm³/mol. The largest absolute Gasteiger partial charge is 0.307 e. The first kappa shape index (κ1) is 10.1. The average Bonchev–Trinajstić information content (AvgIpc) is 2.79. The Morgan fingerprint density at radius 1 is 1.06 bits per heavy atom. The van der Waals surface area contributed by atoms with Crippen LogP contribution in [0.25, 0.3) is 5.65 Å². The summed E-state index contributed by atoms with van der Waals surface area (Å²) < 4.78 is 3.88. The molecule has 0 spiro atoms. The third kappa shape index (κ3) is 1.71. The summed E-state index contributed by atoms with van der Waals surface area (Å²) in [5, 5.41) is 8.72. The van der Waals surface area contributed by atoms with Crippen LogP contribution in [0.15, 0.2) is 36.4 Å². The molecule has 86 valence electrons. The van der Waals surface area contributed by atoms with Gasteiger partial charge in [0.15, 0.2) is 5.65 Å². The predicted octanol–water partition coefficient (Wildman–Crippen LogP) is 2.20. The molecule has 0 unspecified atom stereocenters. The molecule has 0 aliphatic carbocycles. The van der Waals surface area contributed by atoms with E-state index in [4.69, 9.17) is 0 Å². The van der Waals surface area contributed by atoms with Gasteiger partial charge in [0.05, 0.1) is 12.2 Å². The molecule has 0 atom stereocenters. The van der Waals surface area contributed by atoms with Crippen LogP contribution in [0.4, 0.5) is 0 Å². The van der Waals surface area contributed by atoms with Crippen LogP contribution in [0.1, 0.15) is 17.1 Å². The van der Waals surface area contributed by atoms with Gasteiger partial charge in [0.1, 0.15) is 5.82 Å². The van der Waals surface area contributed by atoms with Crippen molar-refractivity contribution in [3.63, 3.8) is 0 Å². The van der Waals surface area contributed by atoms with Crippen LogP contribution in [-0.4, -0.2) is 19.4 Å². The molecule has 0 radical (unpaired) electrons. The molecule has 0 N–H and O–H groups in total. The smallest absolute Gasteiger partial charge is 0.158 e. The number of aromatic nitrogens is 4. The average molecular weight is 226 g/mol. The third-order valence-electron chi connectivity index (χ3n) is 2.89. The van der Waals surface area contributed by atoms with Gasteiger partial charge < -0.3 is 4.57 Å². The summed E-state index contributed by atoms with van der Waals surface area (Å²) in [5.41, 5.74) is 3.31. The molecule has 2 heterocycles. The summed E-state index contributed by atoms with van der Waals surface area (Å²) in [5.74, 6) is 0.983. The Morgan fingerprint density at radius 2 is 1.82 bits per heavy atom. The molecule has 2 aromatic heterocycles. The van der Waals surface area contributed by atoms with E-state index < -0.39 is 0 Å². The maximum atomic E-state index is 4.40. The molecule has 0 saturated carbocycles. The van der Waals surface area contributed by atoms with Gasteiger partial charge in [-0.1, -0.05) is 30.3 Å². The quantitative estimate of drug-likeness (QED) is 0.671. The topological polar surface area (TPSA) is 35.1 Å². The molecule has 0 saturated heterocycles. The molecule has 3 rings (SSSR count).